The summed E-state index contributed by atoms with van der Waals surface area (Å²) in [5.74, 6) is -1.13. The number of aliphatic carboxylic acids is 1. The van der Waals surface area contributed by atoms with Crippen molar-refractivity contribution in [2.45, 2.75) is 25.3 Å². The van der Waals surface area contributed by atoms with Crippen molar-refractivity contribution in [3.05, 3.63) is 35.9 Å². The van der Waals surface area contributed by atoms with Gasteiger partial charge in [0.2, 0.25) is 5.91 Å². The Labute approximate surface area is 113 Å². The minimum absolute atomic E-state index is 0.0619. The molecule has 1 aromatic rings. The van der Waals surface area contributed by atoms with Gasteiger partial charge in [0.25, 0.3) is 0 Å². The zero-order chi connectivity index (χ0) is 14.3. The molecule has 0 aliphatic carbocycles. The quantitative estimate of drug-likeness (QED) is 0.765. The Morgan fingerprint density at radius 3 is 2.53 bits per heavy atom. The van der Waals surface area contributed by atoms with Crippen LogP contribution >= 0.6 is 0 Å². The molecule has 0 unspecified atom stereocenters. The number of carboxylic acid groups (broad SMARTS) is 1. The van der Waals surface area contributed by atoms with Gasteiger partial charge < -0.3 is 15.7 Å². The zero-order valence-corrected chi connectivity index (χ0v) is 11.1. The van der Waals surface area contributed by atoms with E-state index in [1.165, 1.54) is 4.90 Å². The van der Waals surface area contributed by atoms with Crippen molar-refractivity contribution in [2.75, 3.05) is 13.6 Å². The molecule has 0 aromatic heterocycles. The molecule has 0 heterocycles. The number of carbonyl (C=O) groups is 2. The first-order chi connectivity index (χ1) is 9.00. The number of aryl methyl sites for hydroxylation is 1. The summed E-state index contributed by atoms with van der Waals surface area (Å²) >= 11 is 0. The molecule has 0 aliphatic heterocycles. The Morgan fingerprint density at radius 1 is 1.32 bits per heavy atom. The maximum Gasteiger partial charge on any atom is 0.305 e. The molecule has 0 aliphatic rings. The molecule has 1 amide bonds. The summed E-state index contributed by atoms with van der Waals surface area (Å²) in [6.07, 6.45) is 1.23. The molecule has 1 aromatic carbocycles. The van der Waals surface area contributed by atoms with Crippen LogP contribution < -0.4 is 5.73 Å². The molecule has 1 atom stereocenters. The molecule has 0 fully saturated rings. The molecule has 19 heavy (non-hydrogen) atoms. The molecule has 5 nitrogen and oxygen atoms in total. The fraction of sp³-hybridized carbons (Fsp3) is 0.429. The summed E-state index contributed by atoms with van der Waals surface area (Å²) in [6, 6.07) is 9.23. The van der Waals surface area contributed by atoms with Crippen LogP contribution in [0, 0.1) is 0 Å². The van der Waals surface area contributed by atoms with Gasteiger partial charge >= 0.3 is 5.97 Å². The first-order valence-electron chi connectivity index (χ1n) is 6.27. The van der Waals surface area contributed by atoms with E-state index in [2.05, 4.69) is 0 Å². The van der Waals surface area contributed by atoms with Crippen LogP contribution in [0.5, 0.6) is 0 Å². The molecule has 0 saturated heterocycles. The van der Waals surface area contributed by atoms with Crippen LogP contribution in [0.15, 0.2) is 30.3 Å². The van der Waals surface area contributed by atoms with E-state index in [0.29, 0.717) is 6.42 Å². The fourth-order valence-electron chi connectivity index (χ4n) is 1.75. The standard InChI is InChI=1S/C14H20N2O3/c1-16(10-9-13(17)18)14(19)12(15)8-7-11-5-3-2-4-6-11/h2-6,12H,7-10,15H2,1H3,(H,17,18)/t12-/m0/s1. The Kier molecular flexibility index (Phi) is 6.02. The minimum Gasteiger partial charge on any atom is -0.481 e. The second kappa shape index (κ2) is 7.53. The van der Waals surface area contributed by atoms with Crippen LogP contribution in [0.1, 0.15) is 18.4 Å². The van der Waals surface area contributed by atoms with Crippen LogP contribution in [-0.4, -0.2) is 41.5 Å². The van der Waals surface area contributed by atoms with Crippen molar-refractivity contribution in [2.24, 2.45) is 5.73 Å². The van der Waals surface area contributed by atoms with Crippen molar-refractivity contribution < 1.29 is 14.7 Å². The van der Waals surface area contributed by atoms with E-state index < -0.39 is 12.0 Å². The summed E-state index contributed by atoms with van der Waals surface area (Å²) < 4.78 is 0. The van der Waals surface area contributed by atoms with Crippen LogP contribution in [0.25, 0.3) is 0 Å². The van der Waals surface area contributed by atoms with E-state index in [9.17, 15) is 9.59 Å². The number of nitrogens with zero attached hydrogens (tertiary/aromatic N) is 1. The molecule has 5 heteroatoms. The number of nitrogens with two attached hydrogens (primary N) is 1. The molecule has 1 rings (SSSR count). The molecule has 0 spiro atoms. The van der Waals surface area contributed by atoms with Crippen LogP contribution in [0.2, 0.25) is 0 Å². The van der Waals surface area contributed by atoms with E-state index in [1.54, 1.807) is 7.05 Å². The van der Waals surface area contributed by atoms with Gasteiger partial charge in [-0.3, -0.25) is 9.59 Å². The zero-order valence-electron chi connectivity index (χ0n) is 11.1. The van der Waals surface area contributed by atoms with E-state index in [4.69, 9.17) is 10.8 Å². The number of rotatable bonds is 7. The van der Waals surface area contributed by atoms with Crippen molar-refractivity contribution in [1.82, 2.24) is 4.90 Å². The van der Waals surface area contributed by atoms with E-state index in [1.807, 2.05) is 30.3 Å². The van der Waals surface area contributed by atoms with Crippen LogP contribution in [0.3, 0.4) is 0 Å². The first-order valence-corrected chi connectivity index (χ1v) is 6.27. The van der Waals surface area contributed by atoms with E-state index in [0.717, 1.165) is 12.0 Å². The Bertz CT molecular complexity index is 420. The molecule has 3 N–H and O–H groups in total. The third-order valence-corrected chi connectivity index (χ3v) is 2.94. The van der Waals surface area contributed by atoms with Crippen molar-refractivity contribution in [3.8, 4) is 0 Å². The highest BCUT2D eigenvalue weighted by Gasteiger charge is 2.18. The Morgan fingerprint density at radius 2 is 1.95 bits per heavy atom. The highest BCUT2D eigenvalue weighted by molar-refractivity contribution is 5.81. The average molecular weight is 264 g/mol. The second-order valence-electron chi connectivity index (χ2n) is 4.53. The SMILES string of the molecule is CN(CCC(=O)O)C(=O)[C@@H](N)CCc1ccccc1. The van der Waals surface area contributed by atoms with Crippen LogP contribution in [-0.2, 0) is 16.0 Å². The van der Waals surface area contributed by atoms with Gasteiger partial charge in [-0.2, -0.15) is 0 Å². The lowest BCUT2D eigenvalue weighted by Gasteiger charge is -2.20. The minimum atomic E-state index is -0.919. The van der Waals surface area contributed by atoms with Gasteiger partial charge in [0.1, 0.15) is 0 Å². The number of carbonyl (C=O) groups excluding carboxylic acids is 1. The summed E-state index contributed by atoms with van der Waals surface area (Å²) in [6.45, 7) is 0.188. The molecular formula is C14H20N2O3. The highest BCUT2D eigenvalue weighted by Crippen LogP contribution is 2.05. The summed E-state index contributed by atoms with van der Waals surface area (Å²) in [7, 11) is 1.58. The van der Waals surface area contributed by atoms with Crippen molar-refractivity contribution >= 4 is 11.9 Å². The third-order valence-electron chi connectivity index (χ3n) is 2.94. The van der Waals surface area contributed by atoms with Gasteiger partial charge in [-0.25, -0.2) is 0 Å². The van der Waals surface area contributed by atoms with Gasteiger partial charge in [-0.1, -0.05) is 30.3 Å². The predicted molar refractivity (Wildman–Crippen MR) is 72.6 cm³/mol. The molecule has 0 radical (unpaired) electrons. The lowest BCUT2D eigenvalue weighted by atomic mass is 10.1. The van der Waals surface area contributed by atoms with Crippen molar-refractivity contribution in [1.29, 1.82) is 0 Å². The topological polar surface area (TPSA) is 83.6 Å². The number of hydrogen-bond acceptors (Lipinski definition) is 3. The first kappa shape index (κ1) is 15.2. The number of likely N-dealkylation sites (N-methyl/N-ethyl adjacent to an activating group) is 1. The second-order valence-corrected chi connectivity index (χ2v) is 4.53. The van der Waals surface area contributed by atoms with E-state index in [-0.39, 0.29) is 18.9 Å². The van der Waals surface area contributed by atoms with Gasteiger partial charge in [-0.15, -0.1) is 0 Å². The fourth-order valence-corrected chi connectivity index (χ4v) is 1.75. The lowest BCUT2D eigenvalue weighted by molar-refractivity contribution is -0.138. The molecule has 0 saturated carbocycles. The van der Waals surface area contributed by atoms with Crippen molar-refractivity contribution in [3.63, 3.8) is 0 Å². The number of amides is 1. The maximum absolute atomic E-state index is 11.9. The van der Waals surface area contributed by atoms with Gasteiger partial charge in [-0.05, 0) is 18.4 Å². The smallest absolute Gasteiger partial charge is 0.305 e. The summed E-state index contributed by atoms with van der Waals surface area (Å²) in [5.41, 5.74) is 6.97. The monoisotopic (exact) mass is 264 g/mol. The molecule has 104 valence electrons. The predicted octanol–water partition coefficient (Wildman–Crippen LogP) is 0.880. The number of carboxylic acids is 1. The van der Waals surface area contributed by atoms with Gasteiger partial charge in [0.15, 0.2) is 0 Å². The maximum atomic E-state index is 11.9. The number of benzene rings is 1. The normalized spacial score (nSPS) is 11.9. The third kappa shape index (κ3) is 5.52. The van der Waals surface area contributed by atoms with Crippen LogP contribution in [0.4, 0.5) is 0 Å². The Balaban J connectivity index is 2.38. The van der Waals surface area contributed by atoms with Gasteiger partial charge in [0, 0.05) is 13.6 Å². The van der Waals surface area contributed by atoms with Gasteiger partial charge in [0.05, 0.1) is 12.5 Å². The number of hydrogen-bond donors (Lipinski definition) is 2. The molecule has 0 bridgehead atoms. The Hall–Kier alpha value is -1.88. The summed E-state index contributed by atoms with van der Waals surface area (Å²) in [5, 5.41) is 8.57. The lowest BCUT2D eigenvalue weighted by Crippen LogP contribution is -2.42. The van der Waals surface area contributed by atoms with E-state index >= 15 is 0 Å². The average Bonchev–Trinajstić information content (AvgIpc) is 2.42. The largest absolute Gasteiger partial charge is 0.481 e. The molecular weight excluding hydrogens is 244 g/mol. The summed E-state index contributed by atoms with van der Waals surface area (Å²) in [4.78, 5) is 23.7. The highest BCUT2D eigenvalue weighted by atomic mass is 16.4.